The molecule has 3 rings (SSSR count). The number of hydrogen-bond donors (Lipinski definition) is 1. The Hall–Kier alpha value is -2.35. The molecule has 0 aliphatic heterocycles. The van der Waals surface area contributed by atoms with Gasteiger partial charge in [-0.15, -0.1) is 0 Å². The van der Waals surface area contributed by atoms with E-state index in [0.29, 0.717) is 23.3 Å². The van der Waals surface area contributed by atoms with Crippen molar-refractivity contribution in [3.8, 4) is 5.75 Å². The first-order valence-electron chi connectivity index (χ1n) is 6.71. The number of ether oxygens (including phenoxy) is 1. The first kappa shape index (κ1) is 15.5. The fourth-order valence-corrected chi connectivity index (χ4v) is 2.44. The van der Waals surface area contributed by atoms with Gasteiger partial charge in [-0.2, -0.15) is 0 Å². The van der Waals surface area contributed by atoms with Crippen molar-refractivity contribution in [1.29, 1.82) is 0 Å². The predicted molar refractivity (Wildman–Crippen MR) is 92.9 cm³/mol. The standard InChI is InChI=1S/C17H11IO5/c18-12-4-1-10(2-5-12)9-22-13-6-3-11-7-14(16(19)20)17(21)23-15(11)8-13/h1-8H,9H2,(H,19,20). The molecule has 23 heavy (non-hydrogen) atoms. The normalized spacial score (nSPS) is 10.7. The van der Waals surface area contributed by atoms with Crippen molar-refractivity contribution in [2.24, 2.45) is 0 Å². The van der Waals surface area contributed by atoms with Crippen molar-refractivity contribution in [3.63, 3.8) is 0 Å². The molecule has 3 aromatic rings. The number of hydrogen-bond acceptors (Lipinski definition) is 4. The van der Waals surface area contributed by atoms with E-state index in [2.05, 4.69) is 22.6 Å². The number of rotatable bonds is 4. The van der Waals surface area contributed by atoms with Crippen molar-refractivity contribution in [1.82, 2.24) is 0 Å². The predicted octanol–water partition coefficient (Wildman–Crippen LogP) is 3.67. The highest BCUT2D eigenvalue weighted by Gasteiger charge is 2.12. The van der Waals surface area contributed by atoms with Crippen LogP contribution in [0.25, 0.3) is 11.0 Å². The summed E-state index contributed by atoms with van der Waals surface area (Å²) in [5.74, 6) is -0.762. The van der Waals surface area contributed by atoms with Crippen LogP contribution in [0.15, 0.2) is 57.7 Å². The number of aromatic carboxylic acids is 1. The first-order chi connectivity index (χ1) is 11.0. The minimum Gasteiger partial charge on any atom is -0.489 e. The Morgan fingerprint density at radius 3 is 2.57 bits per heavy atom. The van der Waals surface area contributed by atoms with Crippen LogP contribution in [0.4, 0.5) is 0 Å². The molecule has 0 unspecified atom stereocenters. The molecule has 0 atom stereocenters. The van der Waals surface area contributed by atoms with Crippen LogP contribution in [0, 0.1) is 3.57 Å². The molecule has 0 bridgehead atoms. The van der Waals surface area contributed by atoms with E-state index in [-0.39, 0.29) is 5.56 Å². The SMILES string of the molecule is O=C(O)c1cc2ccc(OCc3ccc(I)cc3)cc2oc1=O. The molecule has 0 fully saturated rings. The minimum absolute atomic E-state index is 0.292. The Balaban J connectivity index is 1.85. The molecule has 1 aromatic heterocycles. The van der Waals surface area contributed by atoms with E-state index in [1.54, 1.807) is 18.2 Å². The fourth-order valence-electron chi connectivity index (χ4n) is 2.08. The zero-order valence-corrected chi connectivity index (χ0v) is 13.9. The van der Waals surface area contributed by atoms with Crippen LogP contribution in [0.1, 0.15) is 15.9 Å². The molecule has 0 saturated heterocycles. The third kappa shape index (κ3) is 3.53. The summed E-state index contributed by atoms with van der Waals surface area (Å²) in [5, 5.41) is 9.46. The maximum Gasteiger partial charge on any atom is 0.351 e. The second kappa shape index (κ2) is 6.41. The van der Waals surface area contributed by atoms with E-state index in [9.17, 15) is 9.59 Å². The Morgan fingerprint density at radius 2 is 1.87 bits per heavy atom. The molecule has 5 nitrogen and oxygen atoms in total. The molecule has 1 heterocycles. The van der Waals surface area contributed by atoms with Crippen LogP contribution in [0.2, 0.25) is 0 Å². The maximum atomic E-state index is 11.6. The van der Waals surface area contributed by atoms with Gasteiger partial charge in [-0.05, 0) is 58.5 Å². The molecule has 6 heteroatoms. The van der Waals surface area contributed by atoms with E-state index < -0.39 is 11.6 Å². The number of carboxylic acids is 1. The summed E-state index contributed by atoms with van der Waals surface area (Å²) in [6.45, 7) is 0.389. The molecule has 2 aromatic carbocycles. The third-order valence-electron chi connectivity index (χ3n) is 3.26. The highest BCUT2D eigenvalue weighted by Crippen LogP contribution is 2.21. The first-order valence-corrected chi connectivity index (χ1v) is 7.79. The largest absolute Gasteiger partial charge is 0.489 e. The molecule has 116 valence electrons. The van der Waals surface area contributed by atoms with E-state index in [4.69, 9.17) is 14.3 Å². The molecule has 0 radical (unpaired) electrons. The maximum absolute atomic E-state index is 11.6. The lowest BCUT2D eigenvalue weighted by Crippen LogP contribution is -2.12. The summed E-state index contributed by atoms with van der Waals surface area (Å²) < 4.78 is 11.9. The summed E-state index contributed by atoms with van der Waals surface area (Å²) in [6.07, 6.45) is 0. The van der Waals surface area contributed by atoms with Crippen molar-refractivity contribution in [2.75, 3.05) is 0 Å². The quantitative estimate of drug-likeness (QED) is 0.513. The molecular weight excluding hydrogens is 411 g/mol. The summed E-state index contributed by atoms with van der Waals surface area (Å²) in [7, 11) is 0. The van der Waals surface area contributed by atoms with Gasteiger partial charge in [0.1, 0.15) is 23.5 Å². The van der Waals surface area contributed by atoms with Crippen LogP contribution in [-0.2, 0) is 6.61 Å². The van der Waals surface area contributed by atoms with Crippen LogP contribution in [0.5, 0.6) is 5.75 Å². The Morgan fingerprint density at radius 1 is 1.13 bits per heavy atom. The topological polar surface area (TPSA) is 76.7 Å². The Labute approximate surface area is 144 Å². The zero-order chi connectivity index (χ0) is 16.4. The average molecular weight is 422 g/mol. The van der Waals surface area contributed by atoms with Gasteiger partial charge in [0.15, 0.2) is 0 Å². The number of carboxylic acid groups (broad SMARTS) is 1. The van der Waals surface area contributed by atoms with Gasteiger partial charge in [0, 0.05) is 15.0 Å². The van der Waals surface area contributed by atoms with Crippen molar-refractivity contribution in [3.05, 3.63) is 73.6 Å². The summed E-state index contributed by atoms with van der Waals surface area (Å²) >= 11 is 2.23. The van der Waals surface area contributed by atoms with Gasteiger partial charge in [0.2, 0.25) is 0 Å². The zero-order valence-electron chi connectivity index (χ0n) is 11.8. The van der Waals surface area contributed by atoms with Crippen LogP contribution in [0.3, 0.4) is 0 Å². The van der Waals surface area contributed by atoms with E-state index in [1.807, 2.05) is 24.3 Å². The summed E-state index contributed by atoms with van der Waals surface area (Å²) in [4.78, 5) is 22.5. The van der Waals surface area contributed by atoms with Crippen LogP contribution in [-0.4, -0.2) is 11.1 Å². The van der Waals surface area contributed by atoms with Gasteiger partial charge in [0.25, 0.3) is 0 Å². The Kier molecular flexibility index (Phi) is 4.33. The lowest BCUT2D eigenvalue weighted by atomic mass is 10.2. The second-order valence-electron chi connectivity index (χ2n) is 4.87. The van der Waals surface area contributed by atoms with Gasteiger partial charge < -0.3 is 14.3 Å². The van der Waals surface area contributed by atoms with E-state index >= 15 is 0 Å². The van der Waals surface area contributed by atoms with Gasteiger partial charge in [0.05, 0.1) is 0 Å². The molecule has 0 saturated carbocycles. The van der Waals surface area contributed by atoms with Crippen molar-refractivity contribution >= 4 is 39.5 Å². The molecule has 1 N–H and O–H groups in total. The second-order valence-corrected chi connectivity index (χ2v) is 6.11. The Bertz CT molecular complexity index is 928. The van der Waals surface area contributed by atoms with Gasteiger partial charge >= 0.3 is 11.6 Å². The van der Waals surface area contributed by atoms with Crippen molar-refractivity contribution in [2.45, 2.75) is 6.61 Å². The lowest BCUT2D eigenvalue weighted by molar-refractivity contribution is 0.0692. The third-order valence-corrected chi connectivity index (χ3v) is 3.98. The molecule has 0 spiro atoms. The monoisotopic (exact) mass is 422 g/mol. The molecule has 0 aliphatic carbocycles. The molecular formula is C17H11IO5. The van der Waals surface area contributed by atoms with E-state index in [0.717, 1.165) is 9.13 Å². The van der Waals surface area contributed by atoms with Gasteiger partial charge in [-0.3, -0.25) is 0 Å². The highest BCUT2D eigenvalue weighted by molar-refractivity contribution is 14.1. The number of carbonyl (C=O) groups is 1. The minimum atomic E-state index is -1.31. The van der Waals surface area contributed by atoms with Gasteiger partial charge in [-0.25, -0.2) is 9.59 Å². The fraction of sp³-hybridized carbons (Fsp3) is 0.0588. The van der Waals surface area contributed by atoms with Crippen molar-refractivity contribution < 1.29 is 19.1 Å². The molecule has 0 amide bonds. The summed E-state index contributed by atoms with van der Waals surface area (Å²) in [6, 6.07) is 14.2. The van der Waals surface area contributed by atoms with Crippen LogP contribution < -0.4 is 10.4 Å². The van der Waals surface area contributed by atoms with Gasteiger partial charge in [-0.1, -0.05) is 12.1 Å². The number of halogens is 1. The van der Waals surface area contributed by atoms with E-state index in [1.165, 1.54) is 6.07 Å². The number of fused-ring (bicyclic) bond motifs is 1. The average Bonchev–Trinajstić information content (AvgIpc) is 2.53. The number of benzene rings is 2. The smallest absolute Gasteiger partial charge is 0.351 e. The van der Waals surface area contributed by atoms with Crippen LogP contribution >= 0.6 is 22.6 Å². The summed E-state index contributed by atoms with van der Waals surface area (Å²) in [5.41, 5.74) is 0.0538. The lowest BCUT2D eigenvalue weighted by Gasteiger charge is -2.07. The highest BCUT2D eigenvalue weighted by atomic mass is 127. The molecule has 0 aliphatic rings.